The minimum absolute atomic E-state index is 0.161. The van der Waals surface area contributed by atoms with E-state index in [0.29, 0.717) is 25.3 Å². The van der Waals surface area contributed by atoms with Crippen molar-refractivity contribution in [1.29, 1.82) is 0 Å². The molecule has 0 unspecified atom stereocenters. The summed E-state index contributed by atoms with van der Waals surface area (Å²) in [7, 11) is 0. The summed E-state index contributed by atoms with van der Waals surface area (Å²) in [5.74, 6) is 0.349. The lowest BCUT2D eigenvalue weighted by Gasteiger charge is -2.06. The Morgan fingerprint density at radius 3 is 2.33 bits per heavy atom. The zero-order valence-corrected chi connectivity index (χ0v) is 16.5. The van der Waals surface area contributed by atoms with Gasteiger partial charge in [-0.15, -0.1) is 0 Å². The molecule has 0 atom stereocenters. The third kappa shape index (κ3) is 6.91. The molecule has 1 heterocycles. The van der Waals surface area contributed by atoms with Gasteiger partial charge in [-0.05, 0) is 48.0 Å². The number of hydrogen-bond acceptors (Lipinski definition) is 4. The molecule has 6 nitrogen and oxygen atoms in total. The molecule has 0 saturated carbocycles. The van der Waals surface area contributed by atoms with Crippen LogP contribution in [0.5, 0.6) is 5.75 Å². The van der Waals surface area contributed by atoms with Crippen LogP contribution in [0.2, 0.25) is 0 Å². The van der Waals surface area contributed by atoms with E-state index in [1.165, 1.54) is 6.08 Å². The number of nitrogens with one attached hydrogen (secondary N) is 2. The summed E-state index contributed by atoms with van der Waals surface area (Å²) in [6, 6.07) is 22.1. The Morgan fingerprint density at radius 1 is 0.867 bits per heavy atom. The van der Waals surface area contributed by atoms with Crippen molar-refractivity contribution in [1.82, 2.24) is 15.6 Å². The van der Waals surface area contributed by atoms with Gasteiger partial charge in [0.2, 0.25) is 5.91 Å². The van der Waals surface area contributed by atoms with Gasteiger partial charge in [-0.2, -0.15) is 0 Å². The average molecular weight is 401 g/mol. The monoisotopic (exact) mass is 401 g/mol. The second-order valence-corrected chi connectivity index (χ2v) is 6.43. The normalized spacial score (nSPS) is 10.5. The highest BCUT2D eigenvalue weighted by molar-refractivity contribution is 5.94. The van der Waals surface area contributed by atoms with E-state index in [-0.39, 0.29) is 11.8 Å². The smallest absolute Gasteiger partial charge is 0.251 e. The molecule has 2 aromatic carbocycles. The second kappa shape index (κ2) is 11.2. The Hall–Kier alpha value is -3.93. The van der Waals surface area contributed by atoms with Crippen LogP contribution in [0.1, 0.15) is 21.6 Å². The van der Waals surface area contributed by atoms with E-state index < -0.39 is 0 Å². The van der Waals surface area contributed by atoms with Gasteiger partial charge < -0.3 is 15.4 Å². The average Bonchev–Trinajstić information content (AvgIpc) is 2.81. The number of aromatic nitrogens is 1. The predicted molar refractivity (Wildman–Crippen MR) is 116 cm³/mol. The molecule has 0 fully saturated rings. The summed E-state index contributed by atoms with van der Waals surface area (Å²) < 4.78 is 5.69. The molecule has 3 aromatic rings. The van der Waals surface area contributed by atoms with Gasteiger partial charge in [0.15, 0.2) is 0 Å². The van der Waals surface area contributed by atoms with Crippen molar-refractivity contribution in [2.24, 2.45) is 0 Å². The summed E-state index contributed by atoms with van der Waals surface area (Å²) in [5.41, 5.74) is 2.34. The summed E-state index contributed by atoms with van der Waals surface area (Å²) in [4.78, 5) is 28.0. The number of pyridine rings is 1. The molecule has 1 aromatic heterocycles. The zero-order valence-electron chi connectivity index (χ0n) is 16.5. The first-order valence-electron chi connectivity index (χ1n) is 9.62. The number of carbonyl (C=O) groups excluding carboxylic acids is 2. The van der Waals surface area contributed by atoms with Gasteiger partial charge in [0.1, 0.15) is 12.4 Å². The standard InChI is InChI=1S/C24H23N3O3/c28-23(26-16-17-27-24(29)20-6-2-1-3-7-20)14-11-19-9-12-22(13-10-19)30-18-21-8-4-5-15-25-21/h1-15H,16-18H2,(H,26,28)(H,27,29)/b14-11+. The number of rotatable bonds is 9. The van der Waals surface area contributed by atoms with Crippen LogP contribution in [0, 0.1) is 0 Å². The van der Waals surface area contributed by atoms with Crippen LogP contribution < -0.4 is 15.4 Å². The van der Waals surface area contributed by atoms with Crippen molar-refractivity contribution < 1.29 is 14.3 Å². The minimum atomic E-state index is -0.223. The molecule has 0 spiro atoms. The number of amides is 2. The van der Waals surface area contributed by atoms with E-state index in [0.717, 1.165) is 17.0 Å². The maximum Gasteiger partial charge on any atom is 0.251 e. The first-order chi connectivity index (χ1) is 14.7. The fourth-order valence-electron chi connectivity index (χ4n) is 2.60. The molecule has 0 saturated heterocycles. The van der Waals surface area contributed by atoms with Gasteiger partial charge in [0.25, 0.3) is 5.91 Å². The van der Waals surface area contributed by atoms with Crippen LogP contribution in [-0.4, -0.2) is 29.9 Å². The molecule has 2 N–H and O–H groups in total. The summed E-state index contributed by atoms with van der Waals surface area (Å²) in [6.45, 7) is 1.11. The molecule has 0 aliphatic carbocycles. The maximum atomic E-state index is 11.9. The second-order valence-electron chi connectivity index (χ2n) is 6.43. The summed E-state index contributed by atoms with van der Waals surface area (Å²) >= 11 is 0. The SMILES string of the molecule is O=C(/C=C/c1ccc(OCc2ccccn2)cc1)NCCNC(=O)c1ccccc1. The van der Waals surface area contributed by atoms with Gasteiger partial charge in [-0.3, -0.25) is 14.6 Å². The Labute approximate surface area is 175 Å². The largest absolute Gasteiger partial charge is 0.487 e. The molecule has 0 aliphatic heterocycles. The molecule has 0 bridgehead atoms. The highest BCUT2D eigenvalue weighted by Crippen LogP contribution is 2.14. The molecular weight excluding hydrogens is 378 g/mol. The number of nitrogens with zero attached hydrogens (tertiary/aromatic N) is 1. The maximum absolute atomic E-state index is 11.9. The quantitative estimate of drug-likeness (QED) is 0.426. The fourth-order valence-corrected chi connectivity index (χ4v) is 2.60. The molecule has 6 heteroatoms. The van der Waals surface area contributed by atoms with Crippen LogP contribution in [0.3, 0.4) is 0 Å². The highest BCUT2D eigenvalue weighted by atomic mass is 16.5. The van der Waals surface area contributed by atoms with E-state index in [9.17, 15) is 9.59 Å². The Balaban J connectivity index is 1.36. The Kier molecular flexibility index (Phi) is 7.74. The van der Waals surface area contributed by atoms with Gasteiger partial charge in [0.05, 0.1) is 5.69 Å². The number of carbonyl (C=O) groups is 2. The fraction of sp³-hybridized carbons (Fsp3) is 0.125. The Morgan fingerprint density at radius 2 is 1.60 bits per heavy atom. The highest BCUT2D eigenvalue weighted by Gasteiger charge is 2.03. The van der Waals surface area contributed by atoms with E-state index in [4.69, 9.17) is 4.74 Å². The van der Waals surface area contributed by atoms with Crippen LogP contribution in [-0.2, 0) is 11.4 Å². The summed E-state index contributed by atoms with van der Waals surface area (Å²) in [6.07, 6.45) is 4.91. The van der Waals surface area contributed by atoms with Gasteiger partial charge in [-0.1, -0.05) is 36.4 Å². The lowest BCUT2D eigenvalue weighted by atomic mass is 10.2. The van der Waals surface area contributed by atoms with Gasteiger partial charge in [0, 0.05) is 30.9 Å². The summed E-state index contributed by atoms with van der Waals surface area (Å²) in [5, 5.41) is 5.50. The van der Waals surface area contributed by atoms with Crippen molar-refractivity contribution >= 4 is 17.9 Å². The molecule has 0 radical (unpaired) electrons. The first-order valence-corrected chi connectivity index (χ1v) is 9.62. The third-order valence-electron chi connectivity index (χ3n) is 4.17. The van der Waals surface area contributed by atoms with E-state index in [2.05, 4.69) is 15.6 Å². The van der Waals surface area contributed by atoms with E-state index >= 15 is 0 Å². The number of hydrogen-bond donors (Lipinski definition) is 2. The lowest BCUT2D eigenvalue weighted by molar-refractivity contribution is -0.116. The lowest BCUT2D eigenvalue weighted by Crippen LogP contribution is -2.33. The predicted octanol–water partition coefficient (Wildman–Crippen LogP) is 3.22. The third-order valence-corrected chi connectivity index (χ3v) is 4.17. The topological polar surface area (TPSA) is 80.3 Å². The van der Waals surface area contributed by atoms with Crippen LogP contribution in [0.4, 0.5) is 0 Å². The van der Waals surface area contributed by atoms with E-state index in [1.54, 1.807) is 36.5 Å². The van der Waals surface area contributed by atoms with Crippen molar-refractivity contribution in [2.75, 3.05) is 13.1 Å². The molecule has 30 heavy (non-hydrogen) atoms. The van der Waals surface area contributed by atoms with Crippen molar-refractivity contribution in [3.05, 3.63) is 102 Å². The van der Waals surface area contributed by atoms with Crippen molar-refractivity contribution in [3.63, 3.8) is 0 Å². The molecule has 2 amide bonds. The Bertz CT molecular complexity index is 972. The van der Waals surface area contributed by atoms with Crippen molar-refractivity contribution in [3.8, 4) is 5.75 Å². The zero-order chi connectivity index (χ0) is 21.0. The van der Waals surface area contributed by atoms with Gasteiger partial charge >= 0.3 is 0 Å². The van der Waals surface area contributed by atoms with Crippen LogP contribution in [0.25, 0.3) is 6.08 Å². The molecule has 152 valence electrons. The minimum Gasteiger partial charge on any atom is -0.487 e. The molecule has 0 aliphatic rings. The first kappa shape index (κ1) is 20.8. The van der Waals surface area contributed by atoms with Crippen LogP contribution >= 0.6 is 0 Å². The molecular formula is C24H23N3O3. The van der Waals surface area contributed by atoms with Crippen molar-refractivity contribution in [2.45, 2.75) is 6.61 Å². The number of benzene rings is 2. The molecule has 3 rings (SSSR count). The van der Waals surface area contributed by atoms with Gasteiger partial charge in [-0.25, -0.2) is 0 Å². The van der Waals surface area contributed by atoms with Crippen LogP contribution in [0.15, 0.2) is 85.1 Å². The van der Waals surface area contributed by atoms with E-state index in [1.807, 2.05) is 48.5 Å². The number of ether oxygens (including phenoxy) is 1.